The van der Waals surface area contributed by atoms with Crippen molar-refractivity contribution in [3.05, 3.63) is 75.6 Å². The van der Waals surface area contributed by atoms with E-state index >= 15 is 0 Å². The summed E-state index contributed by atoms with van der Waals surface area (Å²) >= 11 is 6.17. The first kappa shape index (κ1) is 13.8. The molecule has 0 spiro atoms. The molecule has 3 rings (SSSR count). The lowest BCUT2D eigenvalue weighted by Gasteiger charge is -2.19. The van der Waals surface area contributed by atoms with E-state index in [1.807, 2.05) is 12.1 Å². The highest BCUT2D eigenvalue weighted by atomic mass is 35.5. The van der Waals surface area contributed by atoms with E-state index in [0.29, 0.717) is 10.6 Å². The van der Waals surface area contributed by atoms with Gasteiger partial charge in [0.1, 0.15) is 5.82 Å². The molecule has 2 nitrogen and oxygen atoms in total. The van der Waals surface area contributed by atoms with Crippen LogP contribution in [-0.4, -0.2) is 11.1 Å². The van der Waals surface area contributed by atoms with Gasteiger partial charge in [-0.1, -0.05) is 23.7 Å². The summed E-state index contributed by atoms with van der Waals surface area (Å²) in [4.78, 5) is 11.1. The third kappa shape index (κ3) is 2.57. The van der Waals surface area contributed by atoms with Gasteiger partial charge in [0, 0.05) is 10.6 Å². The van der Waals surface area contributed by atoms with Crippen LogP contribution in [0.1, 0.15) is 33.5 Å². The first-order valence-corrected chi connectivity index (χ1v) is 6.96. The van der Waals surface area contributed by atoms with Gasteiger partial charge in [0.15, 0.2) is 0 Å². The van der Waals surface area contributed by atoms with Crippen LogP contribution in [0.25, 0.3) is 5.57 Å². The molecule has 0 fully saturated rings. The van der Waals surface area contributed by atoms with Gasteiger partial charge in [-0.3, -0.25) is 0 Å². The Kier molecular flexibility index (Phi) is 3.52. The zero-order valence-electron chi connectivity index (χ0n) is 11.1. The van der Waals surface area contributed by atoms with Crippen LogP contribution >= 0.6 is 11.6 Å². The lowest BCUT2D eigenvalue weighted by molar-refractivity contribution is 0.0697. The molecule has 0 aromatic heterocycles. The molecule has 1 N–H and O–H groups in total. The van der Waals surface area contributed by atoms with Crippen LogP contribution in [0, 0.1) is 5.82 Å². The minimum absolute atomic E-state index is 0.217. The minimum atomic E-state index is -0.979. The summed E-state index contributed by atoms with van der Waals surface area (Å²) in [7, 11) is 0. The number of carbonyl (C=O) groups is 1. The maximum absolute atomic E-state index is 13.5. The fourth-order valence-electron chi connectivity index (χ4n) is 2.62. The van der Waals surface area contributed by atoms with Gasteiger partial charge in [0.25, 0.3) is 0 Å². The molecule has 2 aromatic rings. The number of halogens is 2. The van der Waals surface area contributed by atoms with E-state index in [4.69, 9.17) is 16.7 Å². The molecule has 21 heavy (non-hydrogen) atoms. The number of hydrogen-bond donors (Lipinski definition) is 1. The first-order valence-electron chi connectivity index (χ1n) is 6.58. The molecule has 1 aliphatic carbocycles. The number of aromatic carboxylic acids is 1. The number of carboxylic acids is 1. The molecule has 0 unspecified atom stereocenters. The number of rotatable bonds is 2. The summed E-state index contributed by atoms with van der Waals surface area (Å²) in [5.74, 6) is -1.34. The number of fused-ring (bicyclic) bond motifs is 1. The normalized spacial score (nSPS) is 13.5. The highest BCUT2D eigenvalue weighted by Gasteiger charge is 2.18. The average Bonchev–Trinajstić information content (AvgIpc) is 2.48. The zero-order chi connectivity index (χ0) is 15.0. The Morgan fingerprint density at radius 3 is 2.71 bits per heavy atom. The molecule has 0 aliphatic heterocycles. The van der Waals surface area contributed by atoms with Gasteiger partial charge in [-0.15, -0.1) is 0 Å². The minimum Gasteiger partial charge on any atom is -0.478 e. The van der Waals surface area contributed by atoms with Crippen LogP contribution in [-0.2, 0) is 6.42 Å². The number of aryl methyl sites for hydroxylation is 1. The van der Waals surface area contributed by atoms with Crippen molar-refractivity contribution in [2.45, 2.75) is 12.8 Å². The van der Waals surface area contributed by atoms with Crippen molar-refractivity contribution in [2.24, 2.45) is 0 Å². The Balaban J connectivity index is 2.18. The van der Waals surface area contributed by atoms with Gasteiger partial charge in [-0.2, -0.15) is 0 Å². The van der Waals surface area contributed by atoms with Crippen molar-refractivity contribution in [2.75, 3.05) is 0 Å². The maximum Gasteiger partial charge on any atom is 0.335 e. The quantitative estimate of drug-likeness (QED) is 0.883. The molecular weight excluding hydrogens is 291 g/mol. The molecule has 1 aliphatic rings. The molecule has 2 aromatic carbocycles. The molecule has 0 radical (unpaired) electrons. The molecule has 4 heteroatoms. The smallest absolute Gasteiger partial charge is 0.335 e. The second kappa shape index (κ2) is 5.34. The molecule has 0 saturated carbocycles. The third-order valence-electron chi connectivity index (χ3n) is 3.63. The van der Waals surface area contributed by atoms with E-state index in [2.05, 4.69) is 0 Å². The fraction of sp³-hybridized carbons (Fsp3) is 0.118. The highest BCUT2D eigenvalue weighted by molar-refractivity contribution is 6.32. The number of benzene rings is 2. The molecular formula is C17H12ClFO2. The Bertz CT molecular complexity index is 765. The summed E-state index contributed by atoms with van der Waals surface area (Å²) in [5.41, 5.74) is 3.48. The van der Waals surface area contributed by atoms with Crippen LogP contribution in [0.5, 0.6) is 0 Å². The predicted octanol–water partition coefficient (Wildman–Crippen LogP) is 4.56. The van der Waals surface area contributed by atoms with Crippen molar-refractivity contribution in [3.8, 4) is 0 Å². The standard InChI is InChI=1S/C17H12ClFO2/c18-16-7-6-12(19)9-15(16)13-3-1-2-10-4-5-11(17(20)21)8-14(10)13/h3-9H,1-2H2,(H,20,21). The first-order chi connectivity index (χ1) is 10.1. The largest absolute Gasteiger partial charge is 0.478 e. The van der Waals surface area contributed by atoms with E-state index in [0.717, 1.165) is 29.5 Å². The molecule has 0 atom stereocenters. The van der Waals surface area contributed by atoms with Gasteiger partial charge in [0.2, 0.25) is 0 Å². The summed E-state index contributed by atoms with van der Waals surface area (Å²) in [6, 6.07) is 9.25. The van der Waals surface area contributed by atoms with Gasteiger partial charge >= 0.3 is 5.97 Å². The summed E-state index contributed by atoms with van der Waals surface area (Å²) in [5, 5.41) is 9.59. The number of allylic oxidation sites excluding steroid dienone is 1. The van der Waals surface area contributed by atoms with Crippen molar-refractivity contribution in [3.63, 3.8) is 0 Å². The van der Waals surface area contributed by atoms with Crippen molar-refractivity contribution in [1.29, 1.82) is 0 Å². The predicted molar refractivity (Wildman–Crippen MR) is 80.2 cm³/mol. The van der Waals surface area contributed by atoms with E-state index in [1.54, 1.807) is 12.1 Å². The second-order valence-corrected chi connectivity index (χ2v) is 5.36. The highest BCUT2D eigenvalue weighted by Crippen LogP contribution is 2.36. The van der Waals surface area contributed by atoms with Crippen LogP contribution in [0.2, 0.25) is 5.02 Å². The lowest BCUT2D eigenvalue weighted by Crippen LogP contribution is -2.05. The molecule has 0 saturated heterocycles. The van der Waals surface area contributed by atoms with E-state index in [1.165, 1.54) is 18.2 Å². The second-order valence-electron chi connectivity index (χ2n) is 4.96. The summed E-state index contributed by atoms with van der Waals surface area (Å²) in [6.07, 6.45) is 3.64. The van der Waals surface area contributed by atoms with Crippen molar-refractivity contribution >= 4 is 23.1 Å². The monoisotopic (exact) mass is 302 g/mol. The van der Waals surface area contributed by atoms with E-state index < -0.39 is 5.97 Å². The Morgan fingerprint density at radius 2 is 1.95 bits per heavy atom. The number of carboxylic acid groups (broad SMARTS) is 1. The van der Waals surface area contributed by atoms with E-state index in [9.17, 15) is 9.18 Å². The molecule has 106 valence electrons. The summed E-state index contributed by atoms with van der Waals surface area (Å²) < 4.78 is 13.5. The van der Waals surface area contributed by atoms with Gasteiger partial charge < -0.3 is 5.11 Å². The molecule has 0 bridgehead atoms. The van der Waals surface area contributed by atoms with Crippen LogP contribution in [0.15, 0.2) is 42.5 Å². The van der Waals surface area contributed by atoms with Crippen molar-refractivity contribution in [1.82, 2.24) is 0 Å². The lowest BCUT2D eigenvalue weighted by atomic mass is 9.86. The topological polar surface area (TPSA) is 37.3 Å². The Hall–Kier alpha value is -2.13. The number of hydrogen-bond acceptors (Lipinski definition) is 1. The maximum atomic E-state index is 13.5. The van der Waals surface area contributed by atoms with Crippen LogP contribution in [0.3, 0.4) is 0 Å². The summed E-state index contributed by atoms with van der Waals surface area (Å²) in [6.45, 7) is 0. The molecule has 0 amide bonds. The molecule has 0 heterocycles. The third-order valence-corrected chi connectivity index (χ3v) is 3.96. The SMILES string of the molecule is O=C(O)c1ccc2c(c1)C(c1cc(F)ccc1Cl)=CCC2. The van der Waals surface area contributed by atoms with E-state index in [-0.39, 0.29) is 11.4 Å². The van der Waals surface area contributed by atoms with Gasteiger partial charge in [-0.05, 0) is 59.9 Å². The zero-order valence-corrected chi connectivity index (χ0v) is 11.8. The van der Waals surface area contributed by atoms with Crippen LogP contribution < -0.4 is 0 Å². The Morgan fingerprint density at radius 1 is 1.14 bits per heavy atom. The average molecular weight is 303 g/mol. The van der Waals surface area contributed by atoms with Crippen molar-refractivity contribution < 1.29 is 14.3 Å². The van der Waals surface area contributed by atoms with Gasteiger partial charge in [0.05, 0.1) is 5.56 Å². The van der Waals surface area contributed by atoms with Crippen LogP contribution in [0.4, 0.5) is 4.39 Å². The fourth-order valence-corrected chi connectivity index (χ4v) is 2.84. The van der Waals surface area contributed by atoms with Gasteiger partial charge in [-0.25, -0.2) is 9.18 Å². The Labute approximate surface area is 126 Å².